The number of piperidine rings is 1. The van der Waals surface area contributed by atoms with E-state index < -0.39 is 0 Å². The van der Waals surface area contributed by atoms with E-state index in [1.54, 1.807) is 0 Å². The van der Waals surface area contributed by atoms with Gasteiger partial charge in [0.15, 0.2) is 0 Å². The molecule has 104 valence electrons. The Morgan fingerprint density at radius 1 is 0.850 bits per heavy atom. The van der Waals surface area contributed by atoms with Crippen molar-refractivity contribution in [3.05, 3.63) is 60.7 Å². The van der Waals surface area contributed by atoms with Crippen molar-refractivity contribution in [1.82, 2.24) is 5.32 Å². The lowest BCUT2D eigenvalue weighted by molar-refractivity contribution is 0.429. The van der Waals surface area contributed by atoms with Gasteiger partial charge in [-0.05, 0) is 44.1 Å². The van der Waals surface area contributed by atoms with Gasteiger partial charge in [0.25, 0.3) is 0 Å². The third-order valence-corrected chi connectivity index (χ3v) is 6.60. The summed E-state index contributed by atoms with van der Waals surface area (Å²) in [6.07, 6.45) is 5.32. The van der Waals surface area contributed by atoms with Crippen LogP contribution in [0.2, 0.25) is 0 Å². The van der Waals surface area contributed by atoms with Crippen LogP contribution in [0, 0.1) is 0 Å². The fourth-order valence-electron chi connectivity index (χ4n) is 2.88. The molecule has 1 fully saturated rings. The van der Waals surface area contributed by atoms with Crippen LogP contribution in [0.15, 0.2) is 60.7 Å². The molecule has 20 heavy (non-hydrogen) atoms. The second kappa shape index (κ2) is 7.02. The van der Waals surface area contributed by atoms with E-state index in [2.05, 4.69) is 66.0 Å². The number of hydrogen-bond donors (Lipinski definition) is 1. The molecule has 0 spiro atoms. The van der Waals surface area contributed by atoms with Crippen LogP contribution < -0.4 is 15.9 Å². The van der Waals surface area contributed by atoms with Crippen molar-refractivity contribution in [2.45, 2.75) is 25.3 Å². The Kier molecular flexibility index (Phi) is 4.84. The van der Waals surface area contributed by atoms with E-state index in [-0.39, 0.29) is 7.92 Å². The molecular formula is C18H22NP. The first-order valence-electron chi connectivity index (χ1n) is 7.54. The van der Waals surface area contributed by atoms with E-state index in [1.165, 1.54) is 42.6 Å². The Morgan fingerprint density at radius 3 is 1.95 bits per heavy atom. The van der Waals surface area contributed by atoms with Gasteiger partial charge >= 0.3 is 0 Å². The van der Waals surface area contributed by atoms with Gasteiger partial charge in [0, 0.05) is 6.04 Å². The monoisotopic (exact) mass is 283 g/mol. The fourth-order valence-corrected chi connectivity index (χ4v) is 5.41. The van der Waals surface area contributed by atoms with Crippen LogP contribution in [0.5, 0.6) is 0 Å². The maximum Gasteiger partial charge on any atom is 0.0112 e. The molecule has 0 aromatic heterocycles. The third-order valence-electron chi connectivity index (χ3n) is 3.95. The highest BCUT2D eigenvalue weighted by atomic mass is 31.1. The third kappa shape index (κ3) is 3.48. The molecule has 1 aliphatic heterocycles. The lowest BCUT2D eigenvalue weighted by Gasteiger charge is -2.28. The first kappa shape index (κ1) is 13.8. The predicted octanol–water partition coefficient (Wildman–Crippen LogP) is 3.26. The van der Waals surface area contributed by atoms with Gasteiger partial charge in [0.2, 0.25) is 0 Å². The molecule has 1 saturated heterocycles. The van der Waals surface area contributed by atoms with Crippen molar-refractivity contribution in [1.29, 1.82) is 0 Å². The smallest absolute Gasteiger partial charge is 0.0112 e. The first-order chi connectivity index (χ1) is 9.93. The molecule has 1 N–H and O–H groups in total. The zero-order valence-electron chi connectivity index (χ0n) is 11.8. The summed E-state index contributed by atoms with van der Waals surface area (Å²) in [4.78, 5) is 0. The number of nitrogens with one attached hydrogen (secondary N) is 1. The maximum absolute atomic E-state index is 3.71. The van der Waals surface area contributed by atoms with Gasteiger partial charge in [0.05, 0.1) is 0 Å². The standard InChI is InChI=1S/C18H22NP/c1-3-10-17(11-4-1)20(18-12-5-2-6-13-18)15-16-9-7-8-14-19-16/h1-6,10-13,16,19H,7-9,14-15H2/t16-/m0/s1. The second-order valence-corrected chi connectivity index (χ2v) is 7.68. The topological polar surface area (TPSA) is 12.0 Å². The van der Waals surface area contributed by atoms with Gasteiger partial charge in [-0.2, -0.15) is 0 Å². The van der Waals surface area contributed by atoms with Crippen LogP contribution in [0.1, 0.15) is 19.3 Å². The molecule has 0 aliphatic carbocycles. The molecule has 0 radical (unpaired) electrons. The maximum atomic E-state index is 3.71. The van der Waals surface area contributed by atoms with Crippen LogP contribution in [-0.4, -0.2) is 18.7 Å². The van der Waals surface area contributed by atoms with Gasteiger partial charge in [-0.25, -0.2) is 0 Å². The molecule has 1 atom stereocenters. The molecule has 3 rings (SSSR count). The Morgan fingerprint density at radius 2 is 1.45 bits per heavy atom. The number of hydrogen-bond acceptors (Lipinski definition) is 1. The summed E-state index contributed by atoms with van der Waals surface area (Å²) in [6.45, 7) is 1.19. The molecule has 1 heterocycles. The molecule has 2 heteroatoms. The average Bonchev–Trinajstić information content (AvgIpc) is 2.55. The summed E-state index contributed by atoms with van der Waals surface area (Å²) in [5.74, 6) is 0. The highest BCUT2D eigenvalue weighted by molar-refractivity contribution is 7.73. The summed E-state index contributed by atoms with van der Waals surface area (Å²) in [5, 5.41) is 6.71. The summed E-state index contributed by atoms with van der Waals surface area (Å²) < 4.78 is 0. The highest BCUT2D eigenvalue weighted by Gasteiger charge is 2.20. The highest BCUT2D eigenvalue weighted by Crippen LogP contribution is 2.35. The van der Waals surface area contributed by atoms with Crippen LogP contribution in [-0.2, 0) is 0 Å². The molecule has 1 nitrogen and oxygen atoms in total. The molecule has 0 amide bonds. The Bertz CT molecular complexity index is 466. The van der Waals surface area contributed by atoms with E-state index in [0.29, 0.717) is 6.04 Å². The minimum Gasteiger partial charge on any atom is -0.314 e. The van der Waals surface area contributed by atoms with Gasteiger partial charge in [-0.1, -0.05) is 67.1 Å². The Balaban J connectivity index is 1.83. The summed E-state index contributed by atoms with van der Waals surface area (Å²) in [5.41, 5.74) is 0. The van der Waals surface area contributed by atoms with Crippen molar-refractivity contribution in [3.63, 3.8) is 0 Å². The molecule has 0 bridgehead atoms. The molecule has 1 aliphatic rings. The van der Waals surface area contributed by atoms with Crippen molar-refractivity contribution in [2.24, 2.45) is 0 Å². The molecule has 2 aromatic rings. The van der Waals surface area contributed by atoms with Gasteiger partial charge in [-0.15, -0.1) is 0 Å². The zero-order chi connectivity index (χ0) is 13.6. The quantitative estimate of drug-likeness (QED) is 0.849. The van der Waals surface area contributed by atoms with E-state index in [1.807, 2.05) is 0 Å². The Hall–Kier alpha value is -1.17. The number of rotatable bonds is 4. The lowest BCUT2D eigenvalue weighted by atomic mass is 10.1. The van der Waals surface area contributed by atoms with Gasteiger partial charge < -0.3 is 5.32 Å². The van der Waals surface area contributed by atoms with Crippen LogP contribution in [0.3, 0.4) is 0 Å². The molecule has 2 aromatic carbocycles. The average molecular weight is 283 g/mol. The SMILES string of the molecule is c1ccc(P(C[C@@H]2CCCCN2)c2ccccc2)cc1. The van der Waals surface area contributed by atoms with Crippen molar-refractivity contribution < 1.29 is 0 Å². The van der Waals surface area contributed by atoms with Crippen molar-refractivity contribution >= 4 is 18.5 Å². The normalized spacial score (nSPS) is 19.1. The zero-order valence-corrected chi connectivity index (χ0v) is 12.7. The van der Waals surface area contributed by atoms with E-state index >= 15 is 0 Å². The van der Waals surface area contributed by atoms with E-state index in [9.17, 15) is 0 Å². The van der Waals surface area contributed by atoms with Crippen molar-refractivity contribution in [2.75, 3.05) is 12.7 Å². The molecular weight excluding hydrogens is 261 g/mol. The summed E-state index contributed by atoms with van der Waals surface area (Å²) in [7, 11) is -0.236. The summed E-state index contributed by atoms with van der Waals surface area (Å²) in [6, 6.07) is 22.8. The van der Waals surface area contributed by atoms with Crippen LogP contribution >= 0.6 is 7.92 Å². The molecule has 0 saturated carbocycles. The number of benzene rings is 2. The van der Waals surface area contributed by atoms with Gasteiger partial charge in [-0.3, -0.25) is 0 Å². The van der Waals surface area contributed by atoms with Gasteiger partial charge in [0.1, 0.15) is 0 Å². The van der Waals surface area contributed by atoms with Crippen molar-refractivity contribution in [3.8, 4) is 0 Å². The van der Waals surface area contributed by atoms with Crippen LogP contribution in [0.25, 0.3) is 0 Å². The minimum atomic E-state index is -0.236. The van der Waals surface area contributed by atoms with E-state index in [0.717, 1.165) is 0 Å². The van der Waals surface area contributed by atoms with Crippen LogP contribution in [0.4, 0.5) is 0 Å². The Labute approximate surface area is 123 Å². The van der Waals surface area contributed by atoms with E-state index in [4.69, 9.17) is 0 Å². The predicted molar refractivity (Wildman–Crippen MR) is 89.6 cm³/mol. The molecule has 0 unspecified atom stereocenters. The second-order valence-electron chi connectivity index (χ2n) is 5.43. The fraction of sp³-hybridized carbons (Fsp3) is 0.333. The first-order valence-corrected chi connectivity index (χ1v) is 9.07. The lowest BCUT2D eigenvalue weighted by Crippen LogP contribution is -2.38. The minimum absolute atomic E-state index is 0.236. The summed E-state index contributed by atoms with van der Waals surface area (Å²) >= 11 is 0. The largest absolute Gasteiger partial charge is 0.314 e.